The molecule has 104 valence electrons. The second-order valence-corrected chi connectivity index (χ2v) is 4.75. The van der Waals surface area contributed by atoms with Crippen LogP contribution in [0.25, 0.3) is 10.8 Å². The zero-order valence-corrected chi connectivity index (χ0v) is 11.3. The van der Waals surface area contributed by atoms with Gasteiger partial charge in [0.25, 0.3) is 5.56 Å². The number of rotatable bonds is 3. The van der Waals surface area contributed by atoms with E-state index in [1.165, 1.54) is 4.57 Å². The third-order valence-electron chi connectivity index (χ3n) is 3.26. The second-order valence-electron chi connectivity index (χ2n) is 4.75. The maximum atomic E-state index is 12.3. The average Bonchev–Trinajstić information content (AvgIpc) is 2.51. The molecule has 1 aromatic heterocycles. The number of pyridine rings is 1. The predicted octanol–water partition coefficient (Wildman–Crippen LogP) is 2.64. The summed E-state index contributed by atoms with van der Waals surface area (Å²) in [7, 11) is 0. The van der Waals surface area contributed by atoms with Crippen LogP contribution in [0.1, 0.15) is 0 Å². The van der Waals surface area contributed by atoms with Gasteiger partial charge in [-0.3, -0.25) is 9.59 Å². The van der Waals surface area contributed by atoms with Crippen LogP contribution in [0.5, 0.6) is 0 Å². The number of anilines is 1. The van der Waals surface area contributed by atoms with Crippen LogP contribution >= 0.6 is 0 Å². The van der Waals surface area contributed by atoms with E-state index in [1.807, 2.05) is 42.5 Å². The third-order valence-corrected chi connectivity index (χ3v) is 3.26. The standard InChI is InChI=1S/C17H14N2O2/c20-16(18-14-7-2-1-3-8-14)12-19-11-10-13-6-4-5-9-15(13)17(19)21/h1-11H,12H2,(H,18,20). The van der Waals surface area contributed by atoms with Crippen LogP contribution in [0.15, 0.2) is 71.7 Å². The van der Waals surface area contributed by atoms with Crippen molar-refractivity contribution >= 4 is 22.4 Å². The van der Waals surface area contributed by atoms with E-state index in [0.717, 1.165) is 11.1 Å². The lowest BCUT2D eigenvalue weighted by Gasteiger charge is -2.08. The first-order chi connectivity index (χ1) is 10.2. The van der Waals surface area contributed by atoms with Crippen molar-refractivity contribution < 1.29 is 4.79 Å². The van der Waals surface area contributed by atoms with Gasteiger partial charge in [0.05, 0.1) is 0 Å². The Labute approximate surface area is 121 Å². The molecule has 0 saturated carbocycles. The maximum absolute atomic E-state index is 12.3. The van der Waals surface area contributed by atoms with Gasteiger partial charge < -0.3 is 9.88 Å². The SMILES string of the molecule is O=C(Cn1ccc2ccccc2c1=O)Nc1ccccc1. The fraction of sp³-hybridized carbons (Fsp3) is 0.0588. The second kappa shape index (κ2) is 5.63. The topological polar surface area (TPSA) is 51.1 Å². The number of para-hydroxylation sites is 1. The minimum atomic E-state index is -0.224. The molecule has 1 N–H and O–H groups in total. The van der Waals surface area contributed by atoms with Gasteiger partial charge in [0.2, 0.25) is 5.91 Å². The van der Waals surface area contributed by atoms with E-state index in [-0.39, 0.29) is 18.0 Å². The highest BCUT2D eigenvalue weighted by molar-refractivity contribution is 5.90. The summed E-state index contributed by atoms with van der Waals surface area (Å²) < 4.78 is 1.42. The molecule has 0 aliphatic rings. The van der Waals surface area contributed by atoms with Crippen LogP contribution in [0.3, 0.4) is 0 Å². The minimum absolute atomic E-state index is 0.00143. The van der Waals surface area contributed by atoms with Crippen LogP contribution in [0.2, 0.25) is 0 Å². The monoisotopic (exact) mass is 278 g/mol. The zero-order valence-electron chi connectivity index (χ0n) is 11.3. The van der Waals surface area contributed by atoms with E-state index < -0.39 is 0 Å². The van der Waals surface area contributed by atoms with Crippen molar-refractivity contribution in [1.29, 1.82) is 0 Å². The molecule has 0 radical (unpaired) electrons. The number of amides is 1. The molecule has 0 spiro atoms. The number of carbonyl (C=O) groups excluding carboxylic acids is 1. The van der Waals surface area contributed by atoms with Gasteiger partial charge in [-0.1, -0.05) is 36.4 Å². The van der Waals surface area contributed by atoms with Crippen LogP contribution in [0.4, 0.5) is 5.69 Å². The Morgan fingerprint density at radius 3 is 2.48 bits per heavy atom. The largest absolute Gasteiger partial charge is 0.325 e. The summed E-state index contributed by atoms with van der Waals surface area (Å²) in [6.07, 6.45) is 1.65. The fourth-order valence-corrected chi connectivity index (χ4v) is 2.23. The Bertz CT molecular complexity index is 838. The molecule has 3 rings (SSSR count). The normalized spacial score (nSPS) is 10.5. The molecule has 0 saturated heterocycles. The number of nitrogens with zero attached hydrogens (tertiary/aromatic N) is 1. The molecule has 0 aliphatic heterocycles. The number of hydrogen-bond acceptors (Lipinski definition) is 2. The van der Waals surface area contributed by atoms with Crippen molar-refractivity contribution in [3.8, 4) is 0 Å². The highest BCUT2D eigenvalue weighted by Gasteiger charge is 2.07. The molecule has 21 heavy (non-hydrogen) atoms. The van der Waals surface area contributed by atoms with Crippen molar-refractivity contribution in [2.75, 3.05) is 5.32 Å². The van der Waals surface area contributed by atoms with E-state index in [4.69, 9.17) is 0 Å². The van der Waals surface area contributed by atoms with E-state index in [9.17, 15) is 9.59 Å². The van der Waals surface area contributed by atoms with Crippen molar-refractivity contribution in [2.24, 2.45) is 0 Å². The van der Waals surface area contributed by atoms with Crippen molar-refractivity contribution in [3.63, 3.8) is 0 Å². The van der Waals surface area contributed by atoms with Crippen LogP contribution in [-0.2, 0) is 11.3 Å². The predicted molar refractivity (Wildman–Crippen MR) is 83.3 cm³/mol. The van der Waals surface area contributed by atoms with Crippen molar-refractivity contribution in [1.82, 2.24) is 4.57 Å². The molecule has 3 aromatic rings. The Balaban J connectivity index is 1.83. The van der Waals surface area contributed by atoms with Crippen molar-refractivity contribution in [2.45, 2.75) is 6.54 Å². The molecule has 4 nitrogen and oxygen atoms in total. The number of fused-ring (bicyclic) bond motifs is 1. The van der Waals surface area contributed by atoms with E-state index >= 15 is 0 Å². The minimum Gasteiger partial charge on any atom is -0.325 e. The molecule has 0 atom stereocenters. The van der Waals surface area contributed by atoms with Gasteiger partial charge in [-0.15, -0.1) is 0 Å². The Kier molecular flexibility index (Phi) is 3.51. The van der Waals surface area contributed by atoms with Crippen molar-refractivity contribution in [3.05, 3.63) is 77.2 Å². The quantitative estimate of drug-likeness (QED) is 0.800. The van der Waals surface area contributed by atoms with Gasteiger partial charge >= 0.3 is 0 Å². The molecule has 0 unspecified atom stereocenters. The van der Waals surface area contributed by atoms with Crippen LogP contribution < -0.4 is 10.9 Å². The Morgan fingerprint density at radius 1 is 0.952 bits per heavy atom. The van der Waals surface area contributed by atoms with Gasteiger partial charge in [-0.05, 0) is 29.7 Å². The van der Waals surface area contributed by atoms with Gasteiger partial charge in [0.15, 0.2) is 0 Å². The van der Waals surface area contributed by atoms with Crippen LogP contribution in [-0.4, -0.2) is 10.5 Å². The van der Waals surface area contributed by atoms with Gasteiger partial charge in [0, 0.05) is 17.3 Å². The number of benzene rings is 2. The smallest absolute Gasteiger partial charge is 0.258 e. The number of nitrogens with one attached hydrogen (secondary N) is 1. The van der Waals surface area contributed by atoms with E-state index in [2.05, 4.69) is 5.32 Å². The zero-order chi connectivity index (χ0) is 14.7. The van der Waals surface area contributed by atoms with E-state index in [0.29, 0.717) is 5.39 Å². The number of aromatic nitrogens is 1. The molecule has 1 amide bonds. The molecular weight excluding hydrogens is 264 g/mol. The lowest BCUT2D eigenvalue weighted by Crippen LogP contribution is -2.27. The van der Waals surface area contributed by atoms with Gasteiger partial charge in [-0.25, -0.2) is 0 Å². The summed E-state index contributed by atoms with van der Waals surface area (Å²) in [6, 6.07) is 18.4. The molecule has 2 aromatic carbocycles. The first kappa shape index (κ1) is 13.1. The first-order valence-corrected chi connectivity index (χ1v) is 6.67. The molecular formula is C17H14N2O2. The lowest BCUT2D eigenvalue weighted by atomic mass is 10.2. The highest BCUT2D eigenvalue weighted by atomic mass is 16.2. The molecule has 1 heterocycles. The molecule has 0 fully saturated rings. The fourth-order valence-electron chi connectivity index (χ4n) is 2.23. The highest BCUT2D eigenvalue weighted by Crippen LogP contribution is 2.08. The number of carbonyl (C=O) groups is 1. The molecule has 0 aliphatic carbocycles. The maximum Gasteiger partial charge on any atom is 0.258 e. The molecule has 0 bridgehead atoms. The van der Waals surface area contributed by atoms with Crippen LogP contribution in [0, 0.1) is 0 Å². The lowest BCUT2D eigenvalue weighted by molar-refractivity contribution is -0.116. The summed E-state index contributed by atoms with van der Waals surface area (Å²) in [5, 5.41) is 4.26. The van der Waals surface area contributed by atoms with Gasteiger partial charge in [0.1, 0.15) is 6.54 Å². The third kappa shape index (κ3) is 2.84. The summed E-state index contributed by atoms with van der Waals surface area (Å²) in [4.78, 5) is 24.3. The summed E-state index contributed by atoms with van der Waals surface area (Å²) in [5.41, 5.74) is 0.563. The number of hydrogen-bond donors (Lipinski definition) is 1. The summed E-state index contributed by atoms with van der Waals surface area (Å²) in [5.74, 6) is -0.224. The molecule has 4 heteroatoms. The first-order valence-electron chi connectivity index (χ1n) is 6.67. The summed E-state index contributed by atoms with van der Waals surface area (Å²) in [6.45, 7) is -0.00143. The van der Waals surface area contributed by atoms with E-state index in [1.54, 1.807) is 24.4 Å². The Morgan fingerprint density at radius 2 is 1.67 bits per heavy atom. The summed E-state index contributed by atoms with van der Waals surface area (Å²) >= 11 is 0. The Hall–Kier alpha value is -2.88. The van der Waals surface area contributed by atoms with Gasteiger partial charge in [-0.2, -0.15) is 0 Å². The average molecular weight is 278 g/mol.